The van der Waals surface area contributed by atoms with Crippen molar-refractivity contribution in [3.05, 3.63) is 12.7 Å². The van der Waals surface area contributed by atoms with Gasteiger partial charge in [0.25, 0.3) is 0 Å². The molecule has 1 amide bonds. The van der Waals surface area contributed by atoms with Crippen LogP contribution in [0.1, 0.15) is 20.3 Å². The largest absolute Gasteiger partial charge is 0.466 e. The molecule has 0 fully saturated rings. The minimum atomic E-state index is -5.94. The molecule has 8 nitrogen and oxygen atoms in total. The van der Waals surface area contributed by atoms with Gasteiger partial charge in [0.05, 0.1) is 13.0 Å². The molecule has 0 aliphatic heterocycles. The molecule has 0 aromatic rings. The first-order chi connectivity index (χ1) is 12.1. The summed E-state index contributed by atoms with van der Waals surface area (Å²) < 4.78 is 105. The lowest BCUT2D eigenvalue weighted by molar-refractivity contribution is -0.351. The lowest BCUT2D eigenvalue weighted by Crippen LogP contribution is -2.62. The van der Waals surface area contributed by atoms with Gasteiger partial charge in [0.15, 0.2) is 0 Å². The summed E-state index contributed by atoms with van der Waals surface area (Å²) in [6.07, 6.45) is -7.37. The molecular formula is C13H18F5NO7S. The van der Waals surface area contributed by atoms with E-state index < -0.39 is 52.2 Å². The molecule has 0 aliphatic rings. The maximum absolute atomic E-state index is 13.6. The highest BCUT2D eigenvalue weighted by Crippen LogP contribution is 2.38. The average molecular weight is 427 g/mol. The third kappa shape index (κ3) is 5.84. The van der Waals surface area contributed by atoms with Crippen LogP contribution >= 0.6 is 0 Å². The minimum absolute atomic E-state index is 0.274. The molecule has 1 atom stereocenters. The van der Waals surface area contributed by atoms with Gasteiger partial charge in [-0.15, -0.1) is 0 Å². The van der Waals surface area contributed by atoms with Crippen molar-refractivity contribution in [3.8, 4) is 0 Å². The zero-order valence-electron chi connectivity index (χ0n) is 14.3. The van der Waals surface area contributed by atoms with E-state index in [-0.39, 0.29) is 19.2 Å². The van der Waals surface area contributed by atoms with Crippen LogP contribution in [0.25, 0.3) is 0 Å². The summed E-state index contributed by atoms with van der Waals surface area (Å²) in [6, 6.07) is 0. The third-order valence-electron chi connectivity index (χ3n) is 3.19. The van der Waals surface area contributed by atoms with E-state index in [9.17, 15) is 40.0 Å². The van der Waals surface area contributed by atoms with E-state index in [0.717, 1.165) is 0 Å². The van der Waals surface area contributed by atoms with E-state index in [1.807, 2.05) is 0 Å². The molecule has 0 rings (SSSR count). The maximum Gasteiger partial charge on any atom is 0.466 e. The monoisotopic (exact) mass is 427 g/mol. The summed E-state index contributed by atoms with van der Waals surface area (Å²) in [6.45, 7) is 3.21. The van der Waals surface area contributed by atoms with Crippen molar-refractivity contribution in [2.24, 2.45) is 0 Å². The first-order valence-electron chi connectivity index (χ1n) is 7.29. The van der Waals surface area contributed by atoms with Crippen LogP contribution in [0.4, 0.5) is 22.0 Å². The van der Waals surface area contributed by atoms with Gasteiger partial charge in [-0.2, -0.15) is 30.4 Å². The molecule has 0 saturated heterocycles. The van der Waals surface area contributed by atoms with Crippen LogP contribution in [0.3, 0.4) is 0 Å². The van der Waals surface area contributed by atoms with Crippen LogP contribution in [0.2, 0.25) is 0 Å². The van der Waals surface area contributed by atoms with Crippen LogP contribution in [0.15, 0.2) is 12.7 Å². The SMILES string of the molecule is C=CC(=O)OC(OCCC(F)(F)S(=O)(=O)O)(C(=O)N(CC)CC)C(F)(F)F. The normalized spacial score (nSPS) is 15.0. The smallest absolute Gasteiger partial charge is 0.412 e. The average Bonchev–Trinajstić information content (AvgIpc) is 2.52. The highest BCUT2D eigenvalue weighted by atomic mass is 32.2. The van der Waals surface area contributed by atoms with Crippen molar-refractivity contribution in [3.63, 3.8) is 0 Å². The van der Waals surface area contributed by atoms with Crippen molar-refractivity contribution in [2.45, 2.75) is 37.5 Å². The van der Waals surface area contributed by atoms with Gasteiger partial charge in [-0.25, -0.2) is 4.79 Å². The summed E-state index contributed by atoms with van der Waals surface area (Å²) in [5, 5.41) is -4.86. The van der Waals surface area contributed by atoms with Crippen molar-refractivity contribution in [1.29, 1.82) is 0 Å². The fourth-order valence-electron chi connectivity index (χ4n) is 1.74. The topological polar surface area (TPSA) is 110 Å². The minimum Gasteiger partial charge on any atom is -0.412 e. The molecule has 0 aliphatic carbocycles. The number of likely N-dealkylation sites (N-methyl/N-ethyl adjacent to an activating group) is 1. The van der Waals surface area contributed by atoms with E-state index in [1.54, 1.807) is 0 Å². The number of carbonyl (C=O) groups excluding carboxylic acids is 2. The fourth-order valence-corrected chi connectivity index (χ4v) is 2.08. The lowest BCUT2D eigenvalue weighted by Gasteiger charge is -2.36. The number of halogens is 5. The summed E-state index contributed by atoms with van der Waals surface area (Å²) in [5.74, 6) is -7.96. The predicted molar refractivity (Wildman–Crippen MR) is 80.1 cm³/mol. The molecule has 0 bridgehead atoms. The first-order valence-corrected chi connectivity index (χ1v) is 8.74. The molecule has 0 heterocycles. The molecule has 0 radical (unpaired) electrons. The molecule has 158 valence electrons. The Balaban J connectivity index is 5.98. The maximum atomic E-state index is 13.6. The number of nitrogens with zero attached hydrogens (tertiary/aromatic N) is 1. The zero-order chi connectivity index (χ0) is 21.7. The van der Waals surface area contributed by atoms with Crippen LogP contribution in [0.5, 0.6) is 0 Å². The van der Waals surface area contributed by atoms with Crippen molar-refractivity contribution >= 4 is 22.0 Å². The number of amides is 1. The van der Waals surface area contributed by atoms with Crippen LogP contribution in [-0.2, 0) is 29.2 Å². The molecular weight excluding hydrogens is 409 g/mol. The number of rotatable bonds is 10. The van der Waals surface area contributed by atoms with Gasteiger partial charge in [0, 0.05) is 19.2 Å². The second kappa shape index (κ2) is 8.93. The Bertz CT molecular complexity index is 660. The quantitative estimate of drug-likeness (QED) is 0.186. The first kappa shape index (κ1) is 25.2. The van der Waals surface area contributed by atoms with E-state index in [0.29, 0.717) is 4.90 Å². The van der Waals surface area contributed by atoms with E-state index in [1.165, 1.54) is 13.8 Å². The standard InChI is InChI=1S/C13H18F5NO7S/c1-4-9(20)26-12(13(16,17)18,10(21)19(5-2)6-3)25-8-7-11(14,15)27(22,23)24/h4H,1,5-8H2,2-3H3,(H,22,23,24). The van der Waals surface area contributed by atoms with Crippen LogP contribution < -0.4 is 0 Å². The molecule has 0 spiro atoms. The highest BCUT2D eigenvalue weighted by Gasteiger charge is 2.67. The summed E-state index contributed by atoms with van der Waals surface area (Å²) in [5.41, 5.74) is 0. The number of ether oxygens (including phenoxy) is 2. The summed E-state index contributed by atoms with van der Waals surface area (Å²) in [7, 11) is -5.94. The van der Waals surface area contributed by atoms with Gasteiger partial charge in [-0.05, 0) is 13.8 Å². The van der Waals surface area contributed by atoms with Crippen molar-refractivity contribution < 1.29 is 54.0 Å². The molecule has 1 unspecified atom stereocenters. The Kier molecular flexibility index (Phi) is 8.33. The van der Waals surface area contributed by atoms with Crippen molar-refractivity contribution in [1.82, 2.24) is 4.90 Å². The van der Waals surface area contributed by atoms with Gasteiger partial charge in [-0.1, -0.05) is 6.58 Å². The Morgan fingerprint density at radius 3 is 1.96 bits per heavy atom. The van der Waals surface area contributed by atoms with Crippen LogP contribution in [0, 0.1) is 0 Å². The van der Waals surface area contributed by atoms with Gasteiger partial charge < -0.3 is 14.4 Å². The Hall–Kier alpha value is -1.80. The van der Waals surface area contributed by atoms with E-state index in [2.05, 4.69) is 16.1 Å². The molecule has 27 heavy (non-hydrogen) atoms. The molecule has 0 saturated carbocycles. The predicted octanol–water partition coefficient (Wildman–Crippen LogP) is 1.73. The summed E-state index contributed by atoms with van der Waals surface area (Å²) >= 11 is 0. The van der Waals surface area contributed by atoms with E-state index >= 15 is 0 Å². The second-order valence-corrected chi connectivity index (χ2v) is 6.48. The molecule has 0 aromatic carbocycles. The van der Waals surface area contributed by atoms with Crippen molar-refractivity contribution in [2.75, 3.05) is 19.7 Å². The van der Waals surface area contributed by atoms with Gasteiger partial charge in [-0.3, -0.25) is 9.35 Å². The number of carbonyl (C=O) groups is 2. The Morgan fingerprint density at radius 1 is 1.15 bits per heavy atom. The number of esters is 1. The third-order valence-corrected chi connectivity index (χ3v) is 4.15. The molecule has 0 aromatic heterocycles. The second-order valence-electron chi connectivity index (χ2n) is 4.93. The number of alkyl halides is 5. The highest BCUT2D eigenvalue weighted by molar-refractivity contribution is 7.86. The van der Waals surface area contributed by atoms with Crippen LogP contribution in [-0.4, -0.2) is 66.7 Å². The van der Waals surface area contributed by atoms with Gasteiger partial charge >= 0.3 is 39.2 Å². The lowest BCUT2D eigenvalue weighted by atomic mass is 10.2. The molecule has 1 N–H and O–H groups in total. The van der Waals surface area contributed by atoms with Gasteiger partial charge in [0.2, 0.25) is 0 Å². The molecule has 14 heteroatoms. The Morgan fingerprint density at radius 2 is 1.63 bits per heavy atom. The zero-order valence-corrected chi connectivity index (χ0v) is 15.1. The number of hydrogen-bond acceptors (Lipinski definition) is 6. The Labute approximate surface area is 151 Å². The summed E-state index contributed by atoms with van der Waals surface area (Å²) in [4.78, 5) is 24.2. The number of hydrogen-bond donors (Lipinski definition) is 1. The van der Waals surface area contributed by atoms with Gasteiger partial charge in [0.1, 0.15) is 0 Å². The van der Waals surface area contributed by atoms with E-state index in [4.69, 9.17) is 4.55 Å². The fraction of sp³-hybridized carbons (Fsp3) is 0.692.